The molecule has 4 aliphatic carbocycles. The van der Waals surface area contributed by atoms with E-state index in [0.29, 0.717) is 35.9 Å². The second-order valence-electron chi connectivity index (χ2n) is 12.5. The Labute approximate surface area is 183 Å². The Morgan fingerprint density at radius 2 is 1.83 bits per heavy atom. The highest BCUT2D eigenvalue weighted by molar-refractivity contribution is 5.85. The van der Waals surface area contributed by atoms with E-state index in [4.69, 9.17) is 0 Å². The molecule has 7 atom stereocenters. The largest absolute Gasteiger partial charge is 0.389 e. The van der Waals surface area contributed by atoms with Crippen molar-refractivity contribution in [2.75, 3.05) is 6.61 Å². The summed E-state index contributed by atoms with van der Waals surface area (Å²) in [7, 11) is 0. The molecular weight excluding hydrogens is 372 g/mol. The van der Waals surface area contributed by atoms with Crippen LogP contribution in [0.2, 0.25) is 0 Å². The number of rotatable bonds is 4. The molecule has 4 rings (SSSR count). The van der Waals surface area contributed by atoms with Crippen molar-refractivity contribution in [1.82, 2.24) is 0 Å². The molecule has 4 aliphatic rings. The molecule has 3 nitrogen and oxygen atoms in total. The first-order chi connectivity index (χ1) is 13.9. The van der Waals surface area contributed by atoms with Gasteiger partial charge in [-0.1, -0.05) is 53.2 Å². The van der Waals surface area contributed by atoms with Gasteiger partial charge in [-0.05, 0) is 78.4 Å². The van der Waals surface area contributed by atoms with E-state index < -0.39 is 0 Å². The van der Waals surface area contributed by atoms with Crippen LogP contribution in [0.4, 0.5) is 0 Å². The predicted molar refractivity (Wildman–Crippen MR) is 120 cm³/mol. The Morgan fingerprint density at radius 3 is 2.50 bits per heavy atom. The van der Waals surface area contributed by atoms with Crippen LogP contribution < -0.4 is 0 Å². The zero-order chi connectivity index (χ0) is 22.1. The van der Waals surface area contributed by atoms with Crippen molar-refractivity contribution < 1.29 is 14.7 Å². The maximum atomic E-state index is 12.7. The fourth-order valence-corrected chi connectivity index (χ4v) is 9.03. The molecule has 0 heterocycles. The number of aliphatic hydroxyl groups excluding tert-OH is 1. The minimum absolute atomic E-state index is 0.0188. The van der Waals surface area contributed by atoms with Gasteiger partial charge < -0.3 is 5.11 Å². The molecule has 3 saturated carbocycles. The fraction of sp³-hybridized carbons (Fsp3) is 0.852. The van der Waals surface area contributed by atoms with Crippen molar-refractivity contribution in [3.8, 4) is 0 Å². The number of hydrogen-bond acceptors (Lipinski definition) is 3. The normalized spacial score (nSPS) is 45.8. The van der Waals surface area contributed by atoms with Crippen molar-refractivity contribution in [2.45, 2.75) is 92.9 Å². The number of hydrogen-bond donors (Lipinski definition) is 1. The molecule has 0 bridgehead atoms. The molecule has 0 aliphatic heterocycles. The van der Waals surface area contributed by atoms with Crippen LogP contribution in [0, 0.1) is 45.3 Å². The van der Waals surface area contributed by atoms with Crippen LogP contribution in [-0.2, 0) is 9.59 Å². The summed E-state index contributed by atoms with van der Waals surface area (Å²) in [6.45, 7) is 13.8. The summed E-state index contributed by atoms with van der Waals surface area (Å²) < 4.78 is 0. The maximum Gasteiger partial charge on any atom is 0.158 e. The van der Waals surface area contributed by atoms with Gasteiger partial charge in [-0.15, -0.1) is 0 Å². The molecule has 30 heavy (non-hydrogen) atoms. The molecule has 0 unspecified atom stereocenters. The number of allylic oxidation sites excluding steroid dienone is 2. The summed E-state index contributed by atoms with van der Waals surface area (Å²) in [5.41, 5.74) is 2.10. The molecular formula is C27H42O3. The van der Waals surface area contributed by atoms with Crippen LogP contribution >= 0.6 is 0 Å². The standard InChI is InChI=1S/C27H42O3/c1-17(15-18(29)16-28)19-9-13-27(6)21-7-8-22-24(2,3)23(30)11-12-25(22,4)20(21)10-14-26(19,27)5/h7,17,19-20,22,28H,8-16H2,1-6H3/t17-,19-,20-,22-,25+,26-,27+/m0/s1. The summed E-state index contributed by atoms with van der Waals surface area (Å²) in [6.07, 6.45) is 10.7. The highest BCUT2D eigenvalue weighted by atomic mass is 16.3. The van der Waals surface area contributed by atoms with Gasteiger partial charge in [-0.3, -0.25) is 9.59 Å². The molecule has 1 N–H and O–H groups in total. The number of carbonyl (C=O) groups is 2. The molecule has 0 saturated heterocycles. The van der Waals surface area contributed by atoms with Crippen LogP contribution in [0.5, 0.6) is 0 Å². The van der Waals surface area contributed by atoms with Crippen molar-refractivity contribution in [1.29, 1.82) is 0 Å². The first-order valence-electron chi connectivity index (χ1n) is 12.3. The Hall–Kier alpha value is -0.960. The molecule has 3 fully saturated rings. The average molecular weight is 415 g/mol. The Bertz CT molecular complexity index is 779. The lowest BCUT2D eigenvalue weighted by molar-refractivity contribution is -0.146. The van der Waals surface area contributed by atoms with Crippen LogP contribution in [0.1, 0.15) is 92.9 Å². The zero-order valence-electron chi connectivity index (χ0n) is 20.0. The maximum absolute atomic E-state index is 12.7. The van der Waals surface area contributed by atoms with Gasteiger partial charge in [0.2, 0.25) is 0 Å². The topological polar surface area (TPSA) is 54.4 Å². The zero-order valence-corrected chi connectivity index (χ0v) is 20.0. The van der Waals surface area contributed by atoms with E-state index in [1.54, 1.807) is 5.57 Å². The fourth-order valence-electron chi connectivity index (χ4n) is 9.03. The lowest BCUT2D eigenvalue weighted by Gasteiger charge is -2.63. The summed E-state index contributed by atoms with van der Waals surface area (Å²) in [5.74, 6) is 2.34. The monoisotopic (exact) mass is 414 g/mol. The van der Waals surface area contributed by atoms with E-state index in [1.165, 1.54) is 25.7 Å². The van der Waals surface area contributed by atoms with E-state index in [0.717, 1.165) is 19.3 Å². The lowest BCUT2D eigenvalue weighted by Crippen LogP contribution is -2.57. The van der Waals surface area contributed by atoms with E-state index >= 15 is 0 Å². The minimum Gasteiger partial charge on any atom is -0.389 e. The third-order valence-electron chi connectivity index (χ3n) is 11.1. The first-order valence-corrected chi connectivity index (χ1v) is 12.3. The highest BCUT2D eigenvalue weighted by Crippen LogP contribution is 2.73. The highest BCUT2D eigenvalue weighted by Gasteiger charge is 2.65. The summed E-state index contributed by atoms with van der Waals surface area (Å²) in [5, 5.41) is 9.24. The molecule has 3 heteroatoms. The summed E-state index contributed by atoms with van der Waals surface area (Å²) in [6, 6.07) is 0. The van der Waals surface area contributed by atoms with Gasteiger partial charge in [-0.2, -0.15) is 0 Å². The second-order valence-corrected chi connectivity index (χ2v) is 12.5. The van der Waals surface area contributed by atoms with Crippen molar-refractivity contribution in [3.05, 3.63) is 11.6 Å². The van der Waals surface area contributed by atoms with Crippen LogP contribution in [0.15, 0.2) is 11.6 Å². The van der Waals surface area contributed by atoms with E-state index in [-0.39, 0.29) is 34.1 Å². The lowest BCUT2D eigenvalue weighted by atomic mass is 9.41. The summed E-state index contributed by atoms with van der Waals surface area (Å²) >= 11 is 0. The van der Waals surface area contributed by atoms with E-state index in [2.05, 4.69) is 47.6 Å². The smallest absolute Gasteiger partial charge is 0.158 e. The number of fused-ring (bicyclic) bond motifs is 5. The van der Waals surface area contributed by atoms with Gasteiger partial charge in [0, 0.05) is 18.3 Å². The minimum atomic E-state index is -0.327. The third-order valence-corrected chi connectivity index (χ3v) is 11.1. The van der Waals surface area contributed by atoms with Gasteiger partial charge in [0.25, 0.3) is 0 Å². The SMILES string of the molecule is C[C@@H](CC(=O)CO)[C@@H]1CC[C@]2(C)C3=CC[C@H]4C(C)(C)C(=O)CC[C@]4(C)[C@H]3CC[C@@]12C. The van der Waals surface area contributed by atoms with Crippen molar-refractivity contribution >= 4 is 11.6 Å². The Kier molecular flexibility index (Phi) is 5.20. The Morgan fingerprint density at radius 1 is 1.13 bits per heavy atom. The molecule has 0 radical (unpaired) electrons. The first kappa shape index (κ1) is 22.2. The van der Waals surface area contributed by atoms with Gasteiger partial charge >= 0.3 is 0 Å². The van der Waals surface area contributed by atoms with E-state index in [1.807, 2.05) is 0 Å². The molecule has 0 spiro atoms. The molecule has 0 aromatic carbocycles. The molecule has 0 aromatic rings. The Balaban J connectivity index is 1.68. The van der Waals surface area contributed by atoms with Gasteiger partial charge in [0.1, 0.15) is 12.4 Å². The van der Waals surface area contributed by atoms with Gasteiger partial charge in [0.05, 0.1) is 0 Å². The predicted octanol–water partition coefficient (Wildman–Crippen LogP) is 5.75. The van der Waals surface area contributed by atoms with Gasteiger partial charge in [-0.25, -0.2) is 0 Å². The van der Waals surface area contributed by atoms with E-state index in [9.17, 15) is 14.7 Å². The number of ketones is 2. The number of Topliss-reactive ketones (excluding diaryl/α,β-unsaturated/α-hetero) is 2. The summed E-state index contributed by atoms with van der Waals surface area (Å²) in [4.78, 5) is 24.7. The van der Waals surface area contributed by atoms with Crippen LogP contribution in [0.3, 0.4) is 0 Å². The van der Waals surface area contributed by atoms with Crippen molar-refractivity contribution in [3.63, 3.8) is 0 Å². The molecule has 0 amide bonds. The molecule has 0 aromatic heterocycles. The number of aliphatic hydroxyl groups is 1. The average Bonchev–Trinajstić information content (AvgIpc) is 2.97. The van der Waals surface area contributed by atoms with Crippen LogP contribution in [-0.4, -0.2) is 23.3 Å². The second kappa shape index (κ2) is 7.02. The van der Waals surface area contributed by atoms with Crippen LogP contribution in [0.25, 0.3) is 0 Å². The number of carbonyl (C=O) groups excluding carboxylic acids is 2. The quantitative estimate of drug-likeness (QED) is 0.596. The molecule has 168 valence electrons. The van der Waals surface area contributed by atoms with Crippen molar-refractivity contribution in [2.24, 2.45) is 45.3 Å². The third kappa shape index (κ3) is 2.79. The van der Waals surface area contributed by atoms with Gasteiger partial charge in [0.15, 0.2) is 5.78 Å².